The summed E-state index contributed by atoms with van der Waals surface area (Å²) in [5.74, 6) is -1.09. The Bertz CT molecular complexity index is 2280. The highest BCUT2D eigenvalue weighted by Crippen LogP contribution is 2.44. The first kappa shape index (κ1) is 34.7. The highest BCUT2D eigenvalue weighted by atomic mass is 16.6. The molecule has 2 aliphatic rings. The second kappa shape index (κ2) is 15.3. The maximum atomic E-state index is 14.0. The number of para-hydroxylation sites is 2. The number of carbonyl (C=O) groups excluding carboxylic acids is 4. The van der Waals surface area contributed by atoms with Gasteiger partial charge in [-0.25, -0.2) is 4.79 Å². The normalized spacial score (nSPS) is 15.3. The average molecular weight is 723 g/mol. The van der Waals surface area contributed by atoms with Crippen molar-refractivity contribution in [1.82, 2.24) is 30.8 Å². The molecule has 6 aromatic rings. The first-order valence-corrected chi connectivity index (χ1v) is 18.5. The van der Waals surface area contributed by atoms with Crippen LogP contribution in [0.2, 0.25) is 0 Å². The number of nitrogens with one attached hydrogen (secondary N) is 5. The van der Waals surface area contributed by atoms with Gasteiger partial charge in [0.15, 0.2) is 0 Å². The van der Waals surface area contributed by atoms with E-state index in [9.17, 15) is 19.2 Å². The number of likely N-dealkylation sites (tertiary alicyclic amines) is 1. The summed E-state index contributed by atoms with van der Waals surface area (Å²) in [6.07, 6.45) is 4.65. The standard InChI is InChI=1S/C43H42N6O5/c50-26-46-40(22-29-24-45-38-16-8-6-10-31(29)38)48-42(52)39(21-28-23-44-37-15-7-5-9-30(28)37)47-41(51)27-17-19-49(20-18-27)43(53)54-25-36-34-13-3-1-11-32(34)33-12-2-4-14-35(33)36/h1-16,23-24,26-27,36,39-40,44-45H,17-22,25H2,(H,46,50)(H,47,51)(H,48,52)/t39-,40-/m1/s1. The Morgan fingerprint density at radius 3 is 1.91 bits per heavy atom. The molecule has 1 saturated heterocycles. The van der Waals surface area contributed by atoms with Crippen LogP contribution in [-0.4, -0.2) is 71.1 Å². The van der Waals surface area contributed by atoms with Crippen LogP contribution in [0.15, 0.2) is 109 Å². The van der Waals surface area contributed by atoms with E-state index >= 15 is 0 Å². The fourth-order valence-corrected chi connectivity index (χ4v) is 8.06. The summed E-state index contributed by atoms with van der Waals surface area (Å²) in [6, 6.07) is 31.2. The lowest BCUT2D eigenvalue weighted by molar-refractivity contribution is -0.132. The monoisotopic (exact) mass is 722 g/mol. The minimum atomic E-state index is -0.921. The Balaban J connectivity index is 0.914. The van der Waals surface area contributed by atoms with E-state index < -0.39 is 30.1 Å². The van der Waals surface area contributed by atoms with Crippen molar-refractivity contribution in [2.75, 3.05) is 19.7 Å². The fraction of sp³-hybridized carbons (Fsp3) is 0.256. The topological polar surface area (TPSA) is 148 Å². The van der Waals surface area contributed by atoms with Gasteiger partial charge in [-0.1, -0.05) is 84.9 Å². The smallest absolute Gasteiger partial charge is 0.409 e. The quantitative estimate of drug-likeness (QED) is 0.0804. The van der Waals surface area contributed by atoms with Gasteiger partial charge < -0.3 is 35.6 Å². The Morgan fingerprint density at radius 1 is 0.741 bits per heavy atom. The van der Waals surface area contributed by atoms with Gasteiger partial charge >= 0.3 is 6.09 Å². The number of aromatic amines is 2. The molecular formula is C43H42N6O5. The van der Waals surface area contributed by atoms with Crippen LogP contribution in [0.25, 0.3) is 32.9 Å². The van der Waals surface area contributed by atoms with E-state index in [1.54, 1.807) is 4.90 Å². The summed E-state index contributed by atoms with van der Waals surface area (Å²) >= 11 is 0. The van der Waals surface area contributed by atoms with Crippen LogP contribution in [0.1, 0.15) is 41.0 Å². The van der Waals surface area contributed by atoms with Crippen LogP contribution < -0.4 is 16.0 Å². The summed E-state index contributed by atoms with van der Waals surface area (Å²) in [7, 11) is 0. The van der Waals surface area contributed by atoms with Gasteiger partial charge in [0.05, 0.1) is 0 Å². The van der Waals surface area contributed by atoms with Crippen LogP contribution in [0.3, 0.4) is 0 Å². The van der Waals surface area contributed by atoms with E-state index in [0.717, 1.165) is 44.1 Å². The van der Waals surface area contributed by atoms with E-state index in [1.165, 1.54) is 11.1 Å². The van der Waals surface area contributed by atoms with Crippen molar-refractivity contribution in [1.29, 1.82) is 0 Å². The number of hydrogen-bond donors (Lipinski definition) is 5. The molecule has 0 unspecified atom stereocenters. The zero-order valence-corrected chi connectivity index (χ0v) is 29.7. The van der Waals surface area contributed by atoms with Crippen LogP contribution >= 0.6 is 0 Å². The van der Waals surface area contributed by atoms with Gasteiger partial charge in [-0.2, -0.15) is 0 Å². The molecule has 4 aromatic carbocycles. The molecule has 5 N–H and O–H groups in total. The van der Waals surface area contributed by atoms with Gasteiger partial charge in [0.25, 0.3) is 0 Å². The molecule has 0 bridgehead atoms. The molecule has 2 atom stereocenters. The van der Waals surface area contributed by atoms with Gasteiger partial charge in [0.2, 0.25) is 18.2 Å². The maximum absolute atomic E-state index is 14.0. The second-order valence-corrected chi connectivity index (χ2v) is 14.1. The zero-order chi connectivity index (χ0) is 37.0. The molecule has 11 heteroatoms. The number of piperidine rings is 1. The number of H-pyrrole nitrogens is 2. The third-order valence-corrected chi connectivity index (χ3v) is 10.9. The molecule has 0 spiro atoms. The van der Waals surface area contributed by atoms with E-state index in [-0.39, 0.29) is 24.9 Å². The lowest BCUT2D eigenvalue weighted by Gasteiger charge is -2.32. The lowest BCUT2D eigenvalue weighted by atomic mass is 9.95. The predicted octanol–water partition coefficient (Wildman–Crippen LogP) is 5.77. The van der Waals surface area contributed by atoms with Gasteiger partial charge in [-0.15, -0.1) is 0 Å². The van der Waals surface area contributed by atoms with Crippen LogP contribution in [-0.2, 0) is 32.0 Å². The number of ether oxygens (including phenoxy) is 1. The summed E-state index contributed by atoms with van der Waals surface area (Å²) in [5, 5.41) is 10.7. The minimum Gasteiger partial charge on any atom is -0.448 e. The largest absolute Gasteiger partial charge is 0.448 e. The molecule has 3 heterocycles. The highest BCUT2D eigenvalue weighted by molar-refractivity contribution is 5.91. The molecule has 4 amide bonds. The van der Waals surface area contributed by atoms with Gasteiger partial charge in [0.1, 0.15) is 18.8 Å². The third-order valence-electron chi connectivity index (χ3n) is 10.9. The number of fused-ring (bicyclic) bond motifs is 5. The first-order chi connectivity index (χ1) is 26.5. The van der Waals surface area contributed by atoms with Crippen molar-refractivity contribution < 1.29 is 23.9 Å². The third kappa shape index (κ3) is 7.04. The molecule has 8 rings (SSSR count). The van der Waals surface area contributed by atoms with E-state index in [4.69, 9.17) is 4.74 Å². The molecule has 0 radical (unpaired) electrons. The molecule has 1 aliphatic heterocycles. The van der Waals surface area contributed by atoms with Gasteiger partial charge in [-0.05, 0) is 58.4 Å². The Hall–Kier alpha value is -6.36. The highest BCUT2D eigenvalue weighted by Gasteiger charge is 2.34. The van der Waals surface area contributed by atoms with Crippen molar-refractivity contribution in [2.24, 2.45) is 5.92 Å². The molecule has 2 aromatic heterocycles. The van der Waals surface area contributed by atoms with Crippen molar-refractivity contribution in [3.05, 3.63) is 132 Å². The number of hydrogen-bond acceptors (Lipinski definition) is 5. The summed E-state index contributed by atoms with van der Waals surface area (Å²) in [6.45, 7) is 0.964. The summed E-state index contributed by atoms with van der Waals surface area (Å²) < 4.78 is 5.88. The number of benzene rings is 4. The number of aromatic nitrogens is 2. The molecule has 0 saturated carbocycles. The van der Waals surface area contributed by atoms with Gasteiger partial charge in [-0.3, -0.25) is 14.4 Å². The summed E-state index contributed by atoms with van der Waals surface area (Å²) in [5.41, 5.74) is 8.35. The van der Waals surface area contributed by atoms with Crippen molar-refractivity contribution in [3.63, 3.8) is 0 Å². The number of nitrogens with zero attached hydrogens (tertiary/aromatic N) is 1. The number of amides is 4. The summed E-state index contributed by atoms with van der Waals surface area (Å²) in [4.78, 5) is 60.9. The fourth-order valence-electron chi connectivity index (χ4n) is 8.06. The molecular weight excluding hydrogens is 681 g/mol. The SMILES string of the molecule is O=CN[C@@H](Cc1c[nH]c2ccccc12)NC(=O)[C@@H](Cc1c[nH]c2ccccc12)NC(=O)C1CCN(C(=O)OCC2c3ccccc3-c3ccccc32)CC1. The van der Waals surface area contributed by atoms with Crippen molar-refractivity contribution >= 4 is 46.1 Å². The molecule has 11 nitrogen and oxygen atoms in total. The van der Waals surface area contributed by atoms with E-state index in [2.05, 4.69) is 50.2 Å². The average Bonchev–Trinajstić information content (AvgIpc) is 3.90. The molecule has 54 heavy (non-hydrogen) atoms. The number of carbonyl (C=O) groups is 4. The maximum Gasteiger partial charge on any atom is 0.409 e. The zero-order valence-electron chi connectivity index (χ0n) is 29.7. The molecule has 1 fully saturated rings. The molecule has 274 valence electrons. The van der Waals surface area contributed by atoms with Gasteiger partial charge in [0, 0.05) is 72.0 Å². The Labute approximate surface area is 312 Å². The van der Waals surface area contributed by atoms with E-state index in [0.29, 0.717) is 38.8 Å². The predicted molar refractivity (Wildman–Crippen MR) is 206 cm³/mol. The lowest BCUT2D eigenvalue weighted by Crippen LogP contribution is -2.56. The van der Waals surface area contributed by atoms with Crippen LogP contribution in [0.4, 0.5) is 4.79 Å². The molecule has 1 aliphatic carbocycles. The van der Waals surface area contributed by atoms with Crippen LogP contribution in [0, 0.1) is 5.92 Å². The Morgan fingerprint density at radius 2 is 1.30 bits per heavy atom. The first-order valence-electron chi connectivity index (χ1n) is 18.5. The second-order valence-electron chi connectivity index (χ2n) is 14.1. The minimum absolute atomic E-state index is 0.0337. The van der Waals surface area contributed by atoms with E-state index in [1.807, 2.05) is 85.2 Å². The Kier molecular flexibility index (Phi) is 9.85. The number of rotatable bonds is 12. The van der Waals surface area contributed by atoms with Crippen molar-refractivity contribution in [2.45, 2.75) is 43.8 Å². The van der Waals surface area contributed by atoms with Crippen molar-refractivity contribution in [3.8, 4) is 11.1 Å². The van der Waals surface area contributed by atoms with Crippen LogP contribution in [0.5, 0.6) is 0 Å².